The number of rotatable bonds is 5. The van der Waals surface area contributed by atoms with E-state index in [0.29, 0.717) is 0 Å². The van der Waals surface area contributed by atoms with Gasteiger partial charge in [0.15, 0.2) is 0 Å². The van der Waals surface area contributed by atoms with Crippen molar-refractivity contribution in [1.82, 2.24) is 15.1 Å². The fourth-order valence-corrected chi connectivity index (χ4v) is 2.52. The Morgan fingerprint density at radius 2 is 1.95 bits per heavy atom. The molecule has 0 aromatic heterocycles. The van der Waals surface area contributed by atoms with E-state index in [-0.39, 0.29) is 17.9 Å². The number of carbonyl (C=O) groups is 1. The number of hydrogen-bond acceptors (Lipinski definition) is 4. The van der Waals surface area contributed by atoms with Gasteiger partial charge in [-0.25, -0.2) is 0 Å². The molecule has 0 saturated carbocycles. The normalized spacial score (nSPS) is 22.1. The fraction of sp³-hybridized carbons (Fsp3) is 0.875. The Labute approximate surface area is 129 Å². The Bertz CT molecular complexity index is 390. The van der Waals surface area contributed by atoms with Gasteiger partial charge in [0, 0.05) is 19.6 Å². The molecule has 1 saturated heterocycles. The number of hydrogen-bond donors (Lipinski definition) is 1. The maximum absolute atomic E-state index is 12.5. The van der Waals surface area contributed by atoms with Crippen LogP contribution in [-0.4, -0.2) is 60.0 Å². The summed E-state index contributed by atoms with van der Waals surface area (Å²) < 4.78 is 0. The second-order valence-corrected chi connectivity index (χ2v) is 6.46. The third-order valence-corrected chi connectivity index (χ3v) is 4.77. The lowest BCUT2D eigenvalue weighted by Gasteiger charge is -2.32. The van der Waals surface area contributed by atoms with Gasteiger partial charge in [-0.05, 0) is 39.3 Å². The number of nitriles is 1. The highest BCUT2D eigenvalue weighted by Crippen LogP contribution is 2.16. The van der Waals surface area contributed by atoms with Crippen LogP contribution in [0.25, 0.3) is 0 Å². The first kappa shape index (κ1) is 17.9. The third kappa shape index (κ3) is 4.69. The van der Waals surface area contributed by atoms with Gasteiger partial charge in [-0.3, -0.25) is 9.69 Å². The smallest absolute Gasteiger partial charge is 0.238 e. The summed E-state index contributed by atoms with van der Waals surface area (Å²) in [6.07, 6.45) is 1.09. The lowest BCUT2D eigenvalue weighted by molar-refractivity contribution is -0.127. The molecule has 0 spiro atoms. The standard InChI is InChI=1S/C16H30N4O/c1-6-19-8-7-9-20(11-10-19)14(4)15(21)18-16(5,12-17)13(2)3/h13-14H,6-11H2,1-5H3,(H,18,21)/t14-,16+/m0/s1. The van der Waals surface area contributed by atoms with Gasteiger partial charge in [-0.15, -0.1) is 0 Å². The quantitative estimate of drug-likeness (QED) is 0.834. The maximum atomic E-state index is 12.5. The molecule has 0 aromatic carbocycles. The van der Waals surface area contributed by atoms with E-state index in [4.69, 9.17) is 0 Å². The molecule has 1 aliphatic heterocycles. The van der Waals surface area contributed by atoms with Crippen molar-refractivity contribution in [1.29, 1.82) is 5.26 Å². The average Bonchev–Trinajstić information content (AvgIpc) is 2.71. The zero-order valence-corrected chi connectivity index (χ0v) is 14.1. The Morgan fingerprint density at radius 1 is 1.29 bits per heavy atom. The molecule has 1 rings (SSSR count). The molecule has 1 aliphatic rings. The van der Waals surface area contributed by atoms with Gasteiger partial charge in [0.05, 0.1) is 12.1 Å². The van der Waals surface area contributed by atoms with E-state index in [0.717, 1.165) is 39.1 Å². The summed E-state index contributed by atoms with van der Waals surface area (Å²) >= 11 is 0. The summed E-state index contributed by atoms with van der Waals surface area (Å²) in [4.78, 5) is 17.1. The number of likely N-dealkylation sites (N-methyl/N-ethyl adjacent to an activating group) is 1. The van der Waals surface area contributed by atoms with Crippen LogP contribution in [0.1, 0.15) is 41.0 Å². The van der Waals surface area contributed by atoms with Crippen LogP contribution in [-0.2, 0) is 4.79 Å². The van der Waals surface area contributed by atoms with E-state index in [9.17, 15) is 10.1 Å². The molecule has 1 heterocycles. The molecule has 5 nitrogen and oxygen atoms in total. The van der Waals surface area contributed by atoms with Crippen LogP contribution in [0.5, 0.6) is 0 Å². The van der Waals surface area contributed by atoms with Gasteiger partial charge in [0.25, 0.3) is 0 Å². The van der Waals surface area contributed by atoms with E-state index in [1.54, 1.807) is 6.92 Å². The summed E-state index contributed by atoms with van der Waals surface area (Å²) in [7, 11) is 0. The summed E-state index contributed by atoms with van der Waals surface area (Å²) in [6, 6.07) is 2.05. The summed E-state index contributed by atoms with van der Waals surface area (Å²) in [5, 5.41) is 12.3. The van der Waals surface area contributed by atoms with Gasteiger partial charge < -0.3 is 10.2 Å². The zero-order chi connectivity index (χ0) is 16.0. The fourth-order valence-electron chi connectivity index (χ4n) is 2.52. The molecule has 120 valence electrons. The van der Waals surface area contributed by atoms with Crippen LogP contribution in [0.2, 0.25) is 0 Å². The molecule has 1 amide bonds. The highest BCUT2D eigenvalue weighted by molar-refractivity contribution is 5.82. The Hall–Kier alpha value is -1.12. The zero-order valence-electron chi connectivity index (χ0n) is 14.1. The molecule has 0 bridgehead atoms. The predicted octanol–water partition coefficient (Wildman–Crippen LogP) is 1.46. The highest BCUT2D eigenvalue weighted by Gasteiger charge is 2.33. The molecule has 0 radical (unpaired) electrons. The van der Waals surface area contributed by atoms with Gasteiger partial charge in [-0.2, -0.15) is 5.26 Å². The first-order chi connectivity index (χ1) is 9.84. The van der Waals surface area contributed by atoms with E-state index in [1.807, 2.05) is 20.8 Å². The molecule has 5 heteroatoms. The first-order valence-electron chi connectivity index (χ1n) is 8.03. The number of nitrogens with one attached hydrogen (secondary N) is 1. The molecule has 0 unspecified atom stereocenters. The second kappa shape index (κ2) is 7.77. The van der Waals surface area contributed by atoms with Crippen LogP contribution < -0.4 is 5.32 Å². The largest absolute Gasteiger partial charge is 0.336 e. The van der Waals surface area contributed by atoms with Gasteiger partial charge in [-0.1, -0.05) is 20.8 Å². The van der Waals surface area contributed by atoms with E-state index >= 15 is 0 Å². The van der Waals surface area contributed by atoms with Crippen molar-refractivity contribution < 1.29 is 4.79 Å². The van der Waals surface area contributed by atoms with Crippen molar-refractivity contribution in [3.05, 3.63) is 0 Å². The number of carbonyl (C=O) groups excluding carboxylic acids is 1. The Kier molecular flexibility index (Phi) is 6.63. The monoisotopic (exact) mass is 294 g/mol. The lowest BCUT2D eigenvalue weighted by Crippen LogP contribution is -2.55. The summed E-state index contributed by atoms with van der Waals surface area (Å²) in [5.74, 6) is 0.0380. The molecular weight excluding hydrogens is 264 g/mol. The molecule has 1 fully saturated rings. The van der Waals surface area contributed by atoms with Crippen LogP contribution in [0, 0.1) is 17.2 Å². The second-order valence-electron chi connectivity index (χ2n) is 6.46. The van der Waals surface area contributed by atoms with E-state index < -0.39 is 5.54 Å². The van der Waals surface area contributed by atoms with Gasteiger partial charge >= 0.3 is 0 Å². The first-order valence-corrected chi connectivity index (χ1v) is 8.03. The minimum absolute atomic E-state index is 0.0438. The molecule has 21 heavy (non-hydrogen) atoms. The minimum Gasteiger partial charge on any atom is -0.336 e. The van der Waals surface area contributed by atoms with Crippen molar-refractivity contribution >= 4 is 5.91 Å². The van der Waals surface area contributed by atoms with Crippen LogP contribution in [0.4, 0.5) is 0 Å². The van der Waals surface area contributed by atoms with Crippen LogP contribution in [0.15, 0.2) is 0 Å². The molecule has 0 aliphatic carbocycles. The van der Waals surface area contributed by atoms with Crippen molar-refractivity contribution in [2.45, 2.75) is 52.6 Å². The summed E-state index contributed by atoms with van der Waals surface area (Å²) in [5.41, 5.74) is -0.799. The van der Waals surface area contributed by atoms with Crippen molar-refractivity contribution in [3.8, 4) is 6.07 Å². The molecular formula is C16H30N4O. The van der Waals surface area contributed by atoms with Crippen molar-refractivity contribution in [2.75, 3.05) is 32.7 Å². The van der Waals surface area contributed by atoms with Crippen LogP contribution >= 0.6 is 0 Å². The third-order valence-electron chi connectivity index (χ3n) is 4.77. The topological polar surface area (TPSA) is 59.4 Å². The van der Waals surface area contributed by atoms with Crippen molar-refractivity contribution in [3.63, 3.8) is 0 Å². The number of amides is 1. The maximum Gasteiger partial charge on any atom is 0.238 e. The Morgan fingerprint density at radius 3 is 2.48 bits per heavy atom. The Balaban J connectivity index is 2.64. The average molecular weight is 294 g/mol. The highest BCUT2D eigenvalue weighted by atomic mass is 16.2. The molecule has 0 aromatic rings. The van der Waals surface area contributed by atoms with Crippen LogP contribution in [0.3, 0.4) is 0 Å². The SMILES string of the molecule is CCN1CCCN([C@@H](C)C(=O)N[C@](C)(C#N)C(C)C)CC1. The lowest BCUT2D eigenvalue weighted by atomic mass is 9.89. The van der Waals surface area contributed by atoms with E-state index in [1.165, 1.54) is 0 Å². The predicted molar refractivity (Wildman–Crippen MR) is 84.8 cm³/mol. The van der Waals surface area contributed by atoms with E-state index in [2.05, 4.69) is 28.1 Å². The molecule has 1 N–H and O–H groups in total. The molecule has 2 atom stereocenters. The van der Waals surface area contributed by atoms with Gasteiger partial charge in [0.1, 0.15) is 5.54 Å². The van der Waals surface area contributed by atoms with Gasteiger partial charge in [0.2, 0.25) is 5.91 Å². The minimum atomic E-state index is -0.799. The summed E-state index contributed by atoms with van der Waals surface area (Å²) in [6.45, 7) is 14.8. The van der Waals surface area contributed by atoms with Crippen molar-refractivity contribution in [2.24, 2.45) is 5.92 Å². The number of nitrogens with zero attached hydrogens (tertiary/aromatic N) is 3.